The van der Waals surface area contributed by atoms with Crippen molar-refractivity contribution in [3.63, 3.8) is 0 Å². The molecule has 32 heavy (non-hydrogen) atoms. The van der Waals surface area contributed by atoms with E-state index in [9.17, 15) is 22.8 Å². The van der Waals surface area contributed by atoms with Gasteiger partial charge in [0.1, 0.15) is 11.8 Å². The van der Waals surface area contributed by atoms with Crippen LogP contribution in [0.25, 0.3) is 11.1 Å². The molecular weight excluding hydrogens is 421 g/mol. The molecule has 164 valence electrons. The predicted molar refractivity (Wildman–Crippen MR) is 112 cm³/mol. The summed E-state index contributed by atoms with van der Waals surface area (Å²) in [5.41, 5.74) is 7.42. The lowest BCUT2D eigenvalue weighted by molar-refractivity contribution is -0.137. The number of nitrogens with one attached hydrogen (secondary N) is 1. The van der Waals surface area contributed by atoms with Crippen LogP contribution in [0.2, 0.25) is 0 Å². The summed E-state index contributed by atoms with van der Waals surface area (Å²) in [6.45, 7) is 0.564. The molecular formula is C24H19F3N2O3. The van der Waals surface area contributed by atoms with Gasteiger partial charge >= 0.3 is 12.1 Å². The Balaban J connectivity index is 1.60. The van der Waals surface area contributed by atoms with E-state index in [-0.39, 0.29) is 5.56 Å². The molecule has 0 radical (unpaired) electrons. The largest absolute Gasteiger partial charge is 0.423 e. The molecule has 3 aromatic rings. The van der Waals surface area contributed by atoms with Gasteiger partial charge in [0, 0.05) is 6.54 Å². The fourth-order valence-corrected chi connectivity index (χ4v) is 3.77. The van der Waals surface area contributed by atoms with E-state index in [4.69, 9.17) is 10.5 Å². The number of benzene rings is 3. The van der Waals surface area contributed by atoms with Gasteiger partial charge in [0.05, 0.1) is 11.1 Å². The van der Waals surface area contributed by atoms with Crippen LogP contribution in [0, 0.1) is 0 Å². The molecule has 8 heteroatoms. The summed E-state index contributed by atoms with van der Waals surface area (Å²) in [4.78, 5) is 24.5. The SMILES string of the molecule is NC(=O)C1NCCc2cc(OC(=O)c3ccccc3-c3ccc(C(F)(F)F)cc3)ccc21. The molecule has 3 aromatic carbocycles. The molecule has 0 saturated carbocycles. The van der Waals surface area contributed by atoms with Crippen LogP contribution in [0.1, 0.15) is 33.1 Å². The van der Waals surface area contributed by atoms with Crippen LogP contribution in [0.15, 0.2) is 66.7 Å². The van der Waals surface area contributed by atoms with Crippen LogP contribution >= 0.6 is 0 Å². The van der Waals surface area contributed by atoms with E-state index >= 15 is 0 Å². The number of nitrogens with two attached hydrogens (primary N) is 1. The second kappa shape index (κ2) is 8.47. The summed E-state index contributed by atoms with van der Waals surface area (Å²) < 4.78 is 44.1. The van der Waals surface area contributed by atoms with Crippen LogP contribution < -0.4 is 15.8 Å². The van der Waals surface area contributed by atoms with Crippen molar-refractivity contribution in [3.05, 3.63) is 89.0 Å². The lowest BCUT2D eigenvalue weighted by atomic mass is 9.93. The van der Waals surface area contributed by atoms with E-state index < -0.39 is 29.7 Å². The Labute approximate surface area is 182 Å². The van der Waals surface area contributed by atoms with Gasteiger partial charge in [-0.25, -0.2) is 4.79 Å². The van der Waals surface area contributed by atoms with Gasteiger partial charge in [-0.3, -0.25) is 4.79 Å². The number of esters is 1. The molecule has 0 saturated heterocycles. The Morgan fingerprint density at radius 3 is 2.41 bits per heavy atom. The minimum absolute atomic E-state index is 0.224. The van der Waals surface area contributed by atoms with Gasteiger partial charge in [0.2, 0.25) is 5.91 Å². The molecule has 0 fully saturated rings. The standard InChI is InChI=1S/C24H19F3N2O3/c25-24(26,27)16-7-5-14(6-8-16)18-3-1-2-4-20(18)23(31)32-17-9-10-19-15(13-17)11-12-29-21(19)22(28)30/h1-10,13,21,29H,11-12H2,(H2,28,30). The molecule has 0 spiro atoms. The van der Waals surface area contributed by atoms with Crippen molar-refractivity contribution in [2.75, 3.05) is 6.54 Å². The summed E-state index contributed by atoms with van der Waals surface area (Å²) in [6.07, 6.45) is -3.79. The van der Waals surface area contributed by atoms with E-state index in [2.05, 4.69) is 5.32 Å². The summed E-state index contributed by atoms with van der Waals surface area (Å²) in [7, 11) is 0. The van der Waals surface area contributed by atoms with Crippen molar-refractivity contribution in [1.29, 1.82) is 0 Å². The number of hydrogen-bond donors (Lipinski definition) is 2. The molecule has 1 aliphatic heterocycles. The molecule has 1 aliphatic rings. The monoisotopic (exact) mass is 440 g/mol. The molecule has 4 rings (SSSR count). The number of halogens is 3. The third-order valence-corrected chi connectivity index (χ3v) is 5.33. The number of ether oxygens (including phenoxy) is 1. The van der Waals surface area contributed by atoms with Crippen molar-refractivity contribution in [2.24, 2.45) is 5.73 Å². The Bertz CT molecular complexity index is 1170. The Morgan fingerprint density at radius 2 is 1.72 bits per heavy atom. The molecule has 1 unspecified atom stereocenters. The normalized spacial score (nSPS) is 15.7. The van der Waals surface area contributed by atoms with Gasteiger partial charge in [-0.15, -0.1) is 0 Å². The number of carbonyl (C=O) groups excluding carboxylic acids is 2. The lowest BCUT2D eigenvalue weighted by Gasteiger charge is -2.24. The maximum Gasteiger partial charge on any atom is 0.416 e. The molecule has 0 bridgehead atoms. The van der Waals surface area contributed by atoms with E-state index in [1.54, 1.807) is 42.5 Å². The van der Waals surface area contributed by atoms with Crippen LogP contribution in [0.5, 0.6) is 5.75 Å². The zero-order valence-electron chi connectivity index (χ0n) is 16.8. The van der Waals surface area contributed by atoms with Crippen molar-refractivity contribution in [3.8, 4) is 16.9 Å². The molecule has 1 atom stereocenters. The second-order valence-corrected chi connectivity index (χ2v) is 7.41. The summed E-state index contributed by atoms with van der Waals surface area (Å²) in [5, 5.41) is 3.05. The first-order valence-electron chi connectivity index (χ1n) is 9.88. The highest BCUT2D eigenvalue weighted by Crippen LogP contribution is 2.32. The van der Waals surface area contributed by atoms with Gasteiger partial charge < -0.3 is 15.8 Å². The molecule has 1 heterocycles. The number of rotatable bonds is 4. The van der Waals surface area contributed by atoms with Gasteiger partial charge in [-0.1, -0.05) is 36.4 Å². The second-order valence-electron chi connectivity index (χ2n) is 7.41. The fourth-order valence-electron chi connectivity index (χ4n) is 3.77. The van der Waals surface area contributed by atoms with E-state index in [0.29, 0.717) is 29.8 Å². The topological polar surface area (TPSA) is 81.4 Å². The summed E-state index contributed by atoms with van der Waals surface area (Å²) >= 11 is 0. The predicted octanol–water partition coefficient (Wildman–Crippen LogP) is 4.26. The zero-order chi connectivity index (χ0) is 22.9. The lowest BCUT2D eigenvalue weighted by Crippen LogP contribution is -2.38. The van der Waals surface area contributed by atoms with Crippen LogP contribution in [-0.4, -0.2) is 18.4 Å². The van der Waals surface area contributed by atoms with E-state index in [1.165, 1.54) is 12.1 Å². The Hall–Kier alpha value is -3.65. The van der Waals surface area contributed by atoms with Crippen LogP contribution in [0.3, 0.4) is 0 Å². The van der Waals surface area contributed by atoms with Crippen molar-refractivity contribution in [2.45, 2.75) is 18.6 Å². The molecule has 0 aromatic heterocycles. The minimum atomic E-state index is -4.44. The van der Waals surface area contributed by atoms with Gasteiger partial charge in [0.15, 0.2) is 0 Å². The zero-order valence-corrected chi connectivity index (χ0v) is 16.8. The highest BCUT2D eigenvalue weighted by Gasteiger charge is 2.30. The van der Waals surface area contributed by atoms with E-state index in [0.717, 1.165) is 23.3 Å². The minimum Gasteiger partial charge on any atom is -0.423 e. The molecule has 5 nitrogen and oxygen atoms in total. The first-order chi connectivity index (χ1) is 15.2. The maximum absolute atomic E-state index is 12.9. The van der Waals surface area contributed by atoms with Crippen LogP contribution in [-0.2, 0) is 17.4 Å². The van der Waals surface area contributed by atoms with Gasteiger partial charge in [-0.2, -0.15) is 13.2 Å². The van der Waals surface area contributed by atoms with Crippen LogP contribution in [0.4, 0.5) is 13.2 Å². The number of alkyl halides is 3. The average Bonchev–Trinajstić information content (AvgIpc) is 2.78. The molecule has 0 aliphatic carbocycles. The van der Waals surface area contributed by atoms with Gasteiger partial charge in [0.25, 0.3) is 0 Å². The first-order valence-corrected chi connectivity index (χ1v) is 9.88. The third kappa shape index (κ3) is 4.36. The van der Waals surface area contributed by atoms with Crippen molar-refractivity contribution in [1.82, 2.24) is 5.32 Å². The highest BCUT2D eigenvalue weighted by atomic mass is 19.4. The number of carbonyl (C=O) groups is 2. The highest BCUT2D eigenvalue weighted by molar-refractivity contribution is 5.98. The first kappa shape index (κ1) is 21.6. The average molecular weight is 440 g/mol. The summed E-state index contributed by atoms with van der Waals surface area (Å²) in [5.74, 6) is -0.817. The molecule has 1 amide bonds. The smallest absolute Gasteiger partial charge is 0.416 e. The Morgan fingerprint density at radius 1 is 1.00 bits per heavy atom. The van der Waals surface area contributed by atoms with Crippen molar-refractivity contribution >= 4 is 11.9 Å². The fraction of sp³-hybridized carbons (Fsp3) is 0.167. The number of hydrogen-bond acceptors (Lipinski definition) is 4. The number of amides is 1. The number of primary amides is 1. The number of fused-ring (bicyclic) bond motifs is 1. The van der Waals surface area contributed by atoms with Crippen molar-refractivity contribution < 1.29 is 27.5 Å². The molecule has 3 N–H and O–H groups in total. The quantitative estimate of drug-likeness (QED) is 0.469. The Kier molecular flexibility index (Phi) is 5.71. The summed E-state index contributed by atoms with van der Waals surface area (Å²) in [6, 6.07) is 15.5. The maximum atomic E-state index is 12.9. The van der Waals surface area contributed by atoms with E-state index in [1.807, 2.05) is 0 Å². The van der Waals surface area contributed by atoms with Gasteiger partial charge in [-0.05, 0) is 59.0 Å². The third-order valence-electron chi connectivity index (χ3n) is 5.33.